The monoisotopic (exact) mass is 390 g/mol. The molecule has 2 heterocycles. The third kappa shape index (κ3) is 5.40. The van der Waals surface area contributed by atoms with Crippen LogP contribution in [-0.4, -0.2) is 47.9 Å². The number of anilines is 1. The number of nitrogens with zero attached hydrogens (tertiary/aromatic N) is 3. The van der Waals surface area contributed by atoms with Gasteiger partial charge in [0, 0.05) is 31.5 Å². The molecule has 1 aromatic carbocycles. The topological polar surface area (TPSA) is 84.4 Å². The molecule has 1 N–H and O–H groups in total. The molecule has 7 nitrogen and oxygen atoms in total. The molecule has 146 valence electrons. The summed E-state index contributed by atoms with van der Waals surface area (Å²) in [6.07, 6.45) is 4.65. The van der Waals surface area contributed by atoms with Gasteiger partial charge in [0.15, 0.2) is 5.82 Å². The van der Waals surface area contributed by atoms with E-state index in [2.05, 4.69) is 15.3 Å². The van der Waals surface area contributed by atoms with Crippen molar-refractivity contribution in [2.75, 3.05) is 18.4 Å². The van der Waals surface area contributed by atoms with Gasteiger partial charge in [-0.2, -0.15) is 0 Å². The Hall–Kier alpha value is -2.19. The molecule has 27 heavy (non-hydrogen) atoms. The van der Waals surface area contributed by atoms with Crippen molar-refractivity contribution in [3.05, 3.63) is 48.3 Å². The molecule has 0 bridgehead atoms. The minimum absolute atomic E-state index is 0.00669. The van der Waals surface area contributed by atoms with Gasteiger partial charge in [0.25, 0.3) is 5.88 Å². The van der Waals surface area contributed by atoms with E-state index in [-0.39, 0.29) is 17.9 Å². The van der Waals surface area contributed by atoms with Crippen molar-refractivity contribution in [3.8, 4) is 5.88 Å². The number of hydrogen-bond donors (Lipinski definition) is 1. The Bertz CT molecular complexity index is 835. The molecule has 1 saturated heterocycles. The molecule has 0 amide bonds. The minimum atomic E-state index is -3.30. The van der Waals surface area contributed by atoms with Gasteiger partial charge in [-0.1, -0.05) is 30.3 Å². The summed E-state index contributed by atoms with van der Waals surface area (Å²) < 4.78 is 32.6. The maximum atomic E-state index is 12.7. The van der Waals surface area contributed by atoms with Crippen LogP contribution in [0, 0.1) is 0 Å². The number of benzene rings is 1. The summed E-state index contributed by atoms with van der Waals surface area (Å²) in [7, 11) is -3.30. The lowest BCUT2D eigenvalue weighted by Crippen LogP contribution is -2.43. The van der Waals surface area contributed by atoms with Crippen LogP contribution in [0.5, 0.6) is 5.88 Å². The zero-order chi connectivity index (χ0) is 19.3. The third-order valence-corrected chi connectivity index (χ3v) is 6.24. The highest BCUT2D eigenvalue weighted by atomic mass is 32.2. The van der Waals surface area contributed by atoms with E-state index in [0.717, 1.165) is 5.56 Å². The SMILES string of the molecule is CC(C)Oc1nccnc1NC1CCN(S(=O)(=O)Cc2ccccc2)CC1. The number of nitrogens with one attached hydrogen (secondary N) is 1. The van der Waals surface area contributed by atoms with Crippen molar-refractivity contribution in [3.63, 3.8) is 0 Å². The molecular formula is C19H26N4O3S. The van der Waals surface area contributed by atoms with Crippen LogP contribution in [0.3, 0.4) is 0 Å². The van der Waals surface area contributed by atoms with Gasteiger partial charge in [0.1, 0.15) is 0 Å². The highest BCUT2D eigenvalue weighted by Gasteiger charge is 2.28. The summed E-state index contributed by atoms with van der Waals surface area (Å²) in [5.74, 6) is 1.13. The molecule has 1 aliphatic heterocycles. The summed E-state index contributed by atoms with van der Waals surface area (Å²) >= 11 is 0. The van der Waals surface area contributed by atoms with E-state index >= 15 is 0 Å². The molecule has 0 unspecified atom stereocenters. The number of ether oxygens (including phenoxy) is 1. The Kier molecular flexibility index (Phi) is 6.28. The van der Waals surface area contributed by atoms with Gasteiger partial charge >= 0.3 is 0 Å². The smallest absolute Gasteiger partial charge is 0.257 e. The van der Waals surface area contributed by atoms with Crippen LogP contribution in [-0.2, 0) is 15.8 Å². The van der Waals surface area contributed by atoms with E-state index < -0.39 is 10.0 Å². The second-order valence-corrected chi connectivity index (χ2v) is 8.91. The maximum absolute atomic E-state index is 12.7. The van der Waals surface area contributed by atoms with Crippen molar-refractivity contribution < 1.29 is 13.2 Å². The van der Waals surface area contributed by atoms with E-state index in [1.54, 1.807) is 16.7 Å². The fraction of sp³-hybridized carbons (Fsp3) is 0.474. The summed E-state index contributed by atoms with van der Waals surface area (Å²) in [4.78, 5) is 8.55. The Morgan fingerprint density at radius 2 is 1.81 bits per heavy atom. The van der Waals surface area contributed by atoms with Crippen LogP contribution in [0.15, 0.2) is 42.7 Å². The zero-order valence-electron chi connectivity index (χ0n) is 15.7. The molecule has 2 aromatic rings. The average molecular weight is 391 g/mol. The van der Waals surface area contributed by atoms with Gasteiger partial charge in [0.05, 0.1) is 11.9 Å². The van der Waals surface area contributed by atoms with Gasteiger partial charge < -0.3 is 10.1 Å². The molecule has 8 heteroatoms. The van der Waals surface area contributed by atoms with Crippen molar-refractivity contribution in [2.24, 2.45) is 0 Å². The first-order valence-electron chi connectivity index (χ1n) is 9.20. The highest BCUT2D eigenvalue weighted by molar-refractivity contribution is 7.88. The lowest BCUT2D eigenvalue weighted by atomic mass is 10.1. The standard InChI is InChI=1S/C19H26N4O3S/c1-15(2)26-19-18(20-10-11-21-19)22-17-8-12-23(13-9-17)27(24,25)14-16-6-4-3-5-7-16/h3-7,10-11,15,17H,8-9,12-14H2,1-2H3,(H,20,22). The maximum Gasteiger partial charge on any atom is 0.257 e. The predicted molar refractivity (Wildman–Crippen MR) is 105 cm³/mol. The van der Waals surface area contributed by atoms with E-state index in [1.807, 2.05) is 44.2 Å². The van der Waals surface area contributed by atoms with Crippen molar-refractivity contribution in [2.45, 2.75) is 44.6 Å². The van der Waals surface area contributed by atoms with Crippen LogP contribution >= 0.6 is 0 Å². The molecule has 0 radical (unpaired) electrons. The normalized spacial score (nSPS) is 16.4. The molecule has 1 aromatic heterocycles. The fourth-order valence-corrected chi connectivity index (χ4v) is 4.64. The van der Waals surface area contributed by atoms with E-state index in [1.165, 1.54) is 0 Å². The molecule has 0 aliphatic carbocycles. The van der Waals surface area contributed by atoms with Crippen molar-refractivity contribution in [1.82, 2.24) is 14.3 Å². The van der Waals surface area contributed by atoms with E-state index in [4.69, 9.17) is 4.74 Å². The predicted octanol–water partition coefficient (Wildman–Crippen LogP) is 2.67. The minimum Gasteiger partial charge on any atom is -0.472 e. The molecule has 1 aliphatic rings. The van der Waals surface area contributed by atoms with Gasteiger partial charge in [-0.3, -0.25) is 0 Å². The van der Waals surface area contributed by atoms with Crippen molar-refractivity contribution in [1.29, 1.82) is 0 Å². The Morgan fingerprint density at radius 1 is 1.15 bits per heavy atom. The first kappa shape index (κ1) is 19.6. The first-order chi connectivity index (χ1) is 12.9. The lowest BCUT2D eigenvalue weighted by Gasteiger charge is -2.32. The van der Waals surface area contributed by atoms with Gasteiger partial charge in [-0.15, -0.1) is 0 Å². The average Bonchev–Trinajstić information content (AvgIpc) is 2.64. The largest absolute Gasteiger partial charge is 0.472 e. The zero-order valence-corrected chi connectivity index (χ0v) is 16.5. The van der Waals surface area contributed by atoms with Crippen LogP contribution in [0.1, 0.15) is 32.3 Å². The second-order valence-electron chi connectivity index (χ2n) is 6.94. The third-order valence-electron chi connectivity index (χ3n) is 4.39. The number of hydrogen-bond acceptors (Lipinski definition) is 6. The lowest BCUT2D eigenvalue weighted by molar-refractivity contribution is 0.232. The first-order valence-corrected chi connectivity index (χ1v) is 10.8. The fourth-order valence-electron chi connectivity index (χ4n) is 3.08. The van der Waals surface area contributed by atoms with E-state index in [0.29, 0.717) is 37.6 Å². The van der Waals surface area contributed by atoms with Crippen molar-refractivity contribution >= 4 is 15.8 Å². The van der Waals surface area contributed by atoms with Gasteiger partial charge in [0.2, 0.25) is 10.0 Å². The van der Waals surface area contributed by atoms with E-state index in [9.17, 15) is 8.42 Å². The van der Waals surface area contributed by atoms with Crippen LogP contribution in [0.2, 0.25) is 0 Å². The molecule has 0 saturated carbocycles. The molecule has 0 atom stereocenters. The number of aromatic nitrogens is 2. The quantitative estimate of drug-likeness (QED) is 0.782. The Balaban J connectivity index is 1.58. The number of rotatable bonds is 7. The molecule has 3 rings (SSSR count). The Labute approximate surface area is 160 Å². The number of piperidine rings is 1. The molecular weight excluding hydrogens is 364 g/mol. The summed E-state index contributed by atoms with van der Waals surface area (Å²) in [5.41, 5.74) is 0.813. The van der Waals surface area contributed by atoms with Crippen LogP contribution in [0.4, 0.5) is 5.82 Å². The summed E-state index contributed by atoms with van der Waals surface area (Å²) in [5, 5.41) is 3.36. The molecule has 1 fully saturated rings. The summed E-state index contributed by atoms with van der Waals surface area (Å²) in [6, 6.07) is 9.43. The Morgan fingerprint density at radius 3 is 2.48 bits per heavy atom. The molecule has 0 spiro atoms. The second kappa shape index (κ2) is 8.67. The van der Waals surface area contributed by atoms with Gasteiger partial charge in [-0.25, -0.2) is 22.7 Å². The van der Waals surface area contributed by atoms with Gasteiger partial charge in [-0.05, 0) is 32.3 Å². The van der Waals surface area contributed by atoms with Crippen LogP contribution < -0.4 is 10.1 Å². The number of sulfonamides is 1. The highest BCUT2D eigenvalue weighted by Crippen LogP contribution is 2.24. The van der Waals surface area contributed by atoms with Crippen LogP contribution in [0.25, 0.3) is 0 Å². The summed E-state index contributed by atoms with van der Waals surface area (Å²) in [6.45, 7) is 4.87.